The normalized spacial score (nSPS) is 18.5. The number of nitrogens with one attached hydrogen (secondary N) is 1. The van der Waals surface area contributed by atoms with E-state index in [-0.39, 0.29) is 6.61 Å². The van der Waals surface area contributed by atoms with Gasteiger partial charge in [0.05, 0.1) is 34.9 Å². The number of carbonyl (C=O) groups is 2. The lowest BCUT2D eigenvalue weighted by molar-refractivity contribution is -0.140. The minimum atomic E-state index is -0.627. The van der Waals surface area contributed by atoms with E-state index in [1.54, 1.807) is 19.1 Å². The molecule has 0 bridgehead atoms. The summed E-state index contributed by atoms with van der Waals surface area (Å²) in [7, 11) is 1.33. The molecule has 1 fully saturated rings. The van der Waals surface area contributed by atoms with E-state index in [4.69, 9.17) is 32.7 Å². The van der Waals surface area contributed by atoms with E-state index in [0.29, 0.717) is 34.1 Å². The van der Waals surface area contributed by atoms with Gasteiger partial charge in [-0.1, -0.05) is 47.5 Å². The second-order valence-electron chi connectivity index (χ2n) is 9.09. The number of carbonyl (C=O) groups excluding carboxylic acids is 2. The maximum Gasteiger partial charge on any atom is 0.336 e. The van der Waals surface area contributed by atoms with Crippen LogP contribution in [0.25, 0.3) is 0 Å². The van der Waals surface area contributed by atoms with Crippen molar-refractivity contribution < 1.29 is 19.1 Å². The Balaban J connectivity index is 1.42. The highest BCUT2D eigenvalue weighted by molar-refractivity contribution is 6.33. The standard InChI is InChI=1S/C28H31Cl2N3O4/c1-18-24(27(34)36-3)26(20-8-10-21(29)11-9-20)25(19(2)31-18)28(35)37-17-16-32-12-14-33(15-13-32)23-7-5-4-6-22(23)30/h4-11,26,31H,12-17H2,1-3H3. The summed E-state index contributed by atoms with van der Waals surface area (Å²) in [6, 6.07) is 15.0. The van der Waals surface area contributed by atoms with Crippen molar-refractivity contribution in [2.75, 3.05) is 51.3 Å². The van der Waals surface area contributed by atoms with Crippen LogP contribution in [-0.2, 0) is 19.1 Å². The Morgan fingerprint density at radius 3 is 2.16 bits per heavy atom. The Kier molecular flexibility index (Phi) is 8.79. The van der Waals surface area contributed by atoms with Crippen molar-refractivity contribution in [2.24, 2.45) is 0 Å². The van der Waals surface area contributed by atoms with E-state index in [0.717, 1.165) is 42.5 Å². The maximum atomic E-state index is 13.4. The van der Waals surface area contributed by atoms with Crippen LogP contribution in [-0.4, -0.2) is 63.3 Å². The number of anilines is 1. The highest BCUT2D eigenvalue weighted by Crippen LogP contribution is 2.39. The Morgan fingerprint density at radius 1 is 0.919 bits per heavy atom. The zero-order valence-electron chi connectivity index (χ0n) is 21.2. The molecule has 0 spiro atoms. The van der Waals surface area contributed by atoms with Gasteiger partial charge in [-0.2, -0.15) is 0 Å². The molecule has 2 aliphatic rings. The van der Waals surface area contributed by atoms with Crippen LogP contribution in [0.2, 0.25) is 10.0 Å². The van der Waals surface area contributed by atoms with Gasteiger partial charge in [-0.15, -0.1) is 0 Å². The smallest absolute Gasteiger partial charge is 0.336 e. The average Bonchev–Trinajstić information content (AvgIpc) is 2.89. The third-order valence-electron chi connectivity index (χ3n) is 6.80. The molecule has 0 aromatic heterocycles. The molecule has 37 heavy (non-hydrogen) atoms. The molecule has 0 saturated carbocycles. The fourth-order valence-corrected chi connectivity index (χ4v) is 5.28. The third kappa shape index (κ3) is 6.12. The van der Waals surface area contributed by atoms with Crippen LogP contribution < -0.4 is 10.2 Å². The first kappa shape index (κ1) is 27.0. The number of benzene rings is 2. The number of esters is 2. The Bertz CT molecular complexity index is 1220. The number of piperazine rings is 1. The molecule has 1 atom stereocenters. The quantitative estimate of drug-likeness (QED) is 0.504. The summed E-state index contributed by atoms with van der Waals surface area (Å²) in [6.07, 6.45) is 0. The SMILES string of the molecule is COC(=O)C1=C(C)NC(C)=C(C(=O)OCCN2CCN(c3ccccc3Cl)CC2)C1c1ccc(Cl)cc1. The largest absolute Gasteiger partial charge is 0.466 e. The second-order valence-corrected chi connectivity index (χ2v) is 9.94. The van der Waals surface area contributed by atoms with Crippen molar-refractivity contribution in [3.8, 4) is 0 Å². The topological polar surface area (TPSA) is 71.1 Å². The molecule has 0 amide bonds. The number of halogens is 2. The Morgan fingerprint density at radius 2 is 1.54 bits per heavy atom. The molecule has 1 unspecified atom stereocenters. The number of ether oxygens (including phenoxy) is 2. The van der Waals surface area contributed by atoms with Crippen LogP contribution >= 0.6 is 23.2 Å². The lowest BCUT2D eigenvalue weighted by Crippen LogP contribution is -2.47. The molecule has 1 N–H and O–H groups in total. The molecule has 2 aromatic rings. The van der Waals surface area contributed by atoms with Crippen molar-refractivity contribution in [1.29, 1.82) is 0 Å². The highest BCUT2D eigenvalue weighted by atomic mass is 35.5. The molecule has 7 nitrogen and oxygen atoms in total. The van der Waals surface area contributed by atoms with Gasteiger partial charge in [0.25, 0.3) is 0 Å². The molecule has 0 aliphatic carbocycles. The minimum Gasteiger partial charge on any atom is -0.466 e. The van der Waals surface area contributed by atoms with Crippen LogP contribution in [0.15, 0.2) is 71.1 Å². The second kappa shape index (κ2) is 12.0. The summed E-state index contributed by atoms with van der Waals surface area (Å²) in [5.41, 5.74) is 3.84. The van der Waals surface area contributed by atoms with Crippen molar-refractivity contribution >= 4 is 40.8 Å². The minimum absolute atomic E-state index is 0.241. The zero-order chi connectivity index (χ0) is 26.5. The summed E-state index contributed by atoms with van der Waals surface area (Å²) >= 11 is 12.4. The van der Waals surface area contributed by atoms with Crippen molar-refractivity contribution in [3.05, 3.63) is 86.7 Å². The van der Waals surface area contributed by atoms with Crippen molar-refractivity contribution in [1.82, 2.24) is 10.2 Å². The first-order valence-corrected chi connectivity index (χ1v) is 13.0. The first-order valence-electron chi connectivity index (χ1n) is 12.2. The molecule has 2 heterocycles. The molecule has 2 aromatic carbocycles. The highest BCUT2D eigenvalue weighted by Gasteiger charge is 2.37. The number of methoxy groups -OCH3 is 1. The molecule has 196 valence electrons. The van der Waals surface area contributed by atoms with E-state index < -0.39 is 17.9 Å². The predicted molar refractivity (Wildman–Crippen MR) is 146 cm³/mol. The fourth-order valence-electron chi connectivity index (χ4n) is 4.90. The van der Waals surface area contributed by atoms with E-state index >= 15 is 0 Å². The average molecular weight is 544 g/mol. The molecule has 9 heteroatoms. The molecule has 1 saturated heterocycles. The summed E-state index contributed by atoms with van der Waals surface area (Å²) in [6.45, 7) is 7.83. The van der Waals surface area contributed by atoms with Gasteiger partial charge >= 0.3 is 11.9 Å². The van der Waals surface area contributed by atoms with Gasteiger partial charge in [-0.3, -0.25) is 4.90 Å². The number of para-hydroxylation sites is 1. The van der Waals surface area contributed by atoms with E-state index in [1.165, 1.54) is 7.11 Å². The Hall–Kier alpha value is -3.00. The van der Waals surface area contributed by atoms with Gasteiger partial charge in [-0.05, 0) is 43.7 Å². The summed E-state index contributed by atoms with van der Waals surface area (Å²) < 4.78 is 10.8. The number of hydrogen-bond acceptors (Lipinski definition) is 7. The molecule has 0 radical (unpaired) electrons. The number of rotatable bonds is 7. The van der Waals surface area contributed by atoms with Crippen molar-refractivity contribution in [3.63, 3.8) is 0 Å². The van der Waals surface area contributed by atoms with Gasteiger partial charge in [0.1, 0.15) is 6.61 Å². The van der Waals surface area contributed by atoms with E-state index in [9.17, 15) is 9.59 Å². The monoisotopic (exact) mass is 543 g/mol. The van der Waals surface area contributed by atoms with Crippen LogP contribution in [0, 0.1) is 0 Å². The number of hydrogen-bond donors (Lipinski definition) is 1. The van der Waals surface area contributed by atoms with Crippen LogP contribution in [0.5, 0.6) is 0 Å². The maximum absolute atomic E-state index is 13.4. The van der Waals surface area contributed by atoms with Crippen molar-refractivity contribution in [2.45, 2.75) is 19.8 Å². The summed E-state index contributed by atoms with van der Waals surface area (Å²) in [4.78, 5) is 30.6. The lowest BCUT2D eigenvalue weighted by Gasteiger charge is -2.36. The van der Waals surface area contributed by atoms with Gasteiger partial charge < -0.3 is 19.7 Å². The lowest BCUT2D eigenvalue weighted by atomic mass is 9.80. The van der Waals surface area contributed by atoms with Gasteiger partial charge in [0.15, 0.2) is 0 Å². The molecular formula is C28H31Cl2N3O4. The number of nitrogens with zero attached hydrogens (tertiary/aromatic N) is 2. The van der Waals surface area contributed by atoms with E-state index in [2.05, 4.69) is 15.1 Å². The number of allylic oxidation sites excluding steroid dienone is 2. The van der Waals surface area contributed by atoms with Crippen LogP contribution in [0.1, 0.15) is 25.3 Å². The molecular weight excluding hydrogens is 513 g/mol. The summed E-state index contributed by atoms with van der Waals surface area (Å²) in [5, 5.41) is 4.47. The fraction of sp³-hybridized carbons (Fsp3) is 0.357. The zero-order valence-corrected chi connectivity index (χ0v) is 22.7. The predicted octanol–water partition coefficient (Wildman–Crippen LogP) is 4.77. The molecule has 2 aliphatic heterocycles. The van der Waals surface area contributed by atoms with Crippen LogP contribution in [0.3, 0.4) is 0 Å². The first-order chi connectivity index (χ1) is 17.8. The Labute approximate surface area is 227 Å². The molecule has 4 rings (SSSR count). The van der Waals surface area contributed by atoms with E-state index in [1.807, 2.05) is 43.3 Å². The van der Waals surface area contributed by atoms with Gasteiger partial charge in [0.2, 0.25) is 0 Å². The summed E-state index contributed by atoms with van der Waals surface area (Å²) in [5.74, 6) is -1.59. The number of dihydropyridines is 1. The third-order valence-corrected chi connectivity index (χ3v) is 7.37. The van der Waals surface area contributed by atoms with Gasteiger partial charge in [-0.25, -0.2) is 9.59 Å². The van der Waals surface area contributed by atoms with Crippen LogP contribution in [0.4, 0.5) is 5.69 Å². The van der Waals surface area contributed by atoms with Gasteiger partial charge in [0, 0.05) is 49.1 Å².